The Labute approximate surface area is 119 Å². The van der Waals surface area contributed by atoms with Crippen molar-refractivity contribution in [1.82, 2.24) is 0 Å². The van der Waals surface area contributed by atoms with Crippen LogP contribution in [-0.4, -0.2) is 20.1 Å². The molecule has 0 heterocycles. The summed E-state index contributed by atoms with van der Waals surface area (Å²) >= 11 is 0. The van der Waals surface area contributed by atoms with Gasteiger partial charge in [0.1, 0.15) is 5.75 Å². The second-order valence-electron chi connectivity index (χ2n) is 4.60. The third-order valence-corrected chi connectivity index (χ3v) is 2.95. The number of carbonyl (C=O) groups is 1. The minimum Gasteiger partial charge on any atom is -0.423 e. The summed E-state index contributed by atoms with van der Waals surface area (Å²) in [5.41, 5.74) is 2.56. The van der Waals surface area contributed by atoms with Crippen LogP contribution in [-0.2, 0) is 0 Å². The maximum Gasteiger partial charge on any atom is 0.343 e. The van der Waals surface area contributed by atoms with Crippen molar-refractivity contribution in [3.05, 3.63) is 66.2 Å². The molecule has 3 heteroatoms. The number of nitrogens with zero attached hydrogens (tertiary/aromatic N) is 1. The zero-order valence-corrected chi connectivity index (χ0v) is 11.7. The van der Waals surface area contributed by atoms with Crippen LogP contribution in [0.15, 0.2) is 55.1 Å². The van der Waals surface area contributed by atoms with Crippen molar-refractivity contribution in [2.24, 2.45) is 0 Å². The predicted octanol–water partition coefficient (Wildman–Crippen LogP) is 3.61. The van der Waals surface area contributed by atoms with Gasteiger partial charge in [0, 0.05) is 19.8 Å². The molecule has 2 rings (SSSR count). The van der Waals surface area contributed by atoms with Crippen molar-refractivity contribution in [3.63, 3.8) is 0 Å². The first-order chi connectivity index (χ1) is 9.60. The van der Waals surface area contributed by atoms with E-state index in [1.54, 1.807) is 30.3 Å². The summed E-state index contributed by atoms with van der Waals surface area (Å²) in [6.45, 7) is 3.68. The first-order valence-corrected chi connectivity index (χ1v) is 6.32. The standard InChI is InChI=1S/C17H17NO2/c1-4-13-5-11-16(12-6-13)20-17(19)14-7-9-15(10-8-14)18(2)3/h4-12H,1H2,2-3H3. The molecule has 0 radical (unpaired) electrons. The predicted molar refractivity (Wildman–Crippen MR) is 82.3 cm³/mol. The van der Waals surface area contributed by atoms with Gasteiger partial charge in [0.25, 0.3) is 0 Å². The quantitative estimate of drug-likeness (QED) is 0.626. The summed E-state index contributed by atoms with van der Waals surface area (Å²) in [4.78, 5) is 14.0. The van der Waals surface area contributed by atoms with E-state index < -0.39 is 0 Å². The maximum absolute atomic E-state index is 12.0. The number of ether oxygens (including phenoxy) is 1. The van der Waals surface area contributed by atoms with Gasteiger partial charge >= 0.3 is 5.97 Å². The lowest BCUT2D eigenvalue weighted by Gasteiger charge is -2.12. The van der Waals surface area contributed by atoms with Gasteiger partial charge < -0.3 is 9.64 Å². The van der Waals surface area contributed by atoms with Gasteiger partial charge in [-0.15, -0.1) is 0 Å². The molecule has 0 aliphatic carbocycles. The van der Waals surface area contributed by atoms with E-state index in [4.69, 9.17) is 4.74 Å². The second-order valence-corrected chi connectivity index (χ2v) is 4.60. The molecule has 0 bridgehead atoms. The molecular formula is C17H17NO2. The molecule has 0 spiro atoms. The summed E-state index contributed by atoms with van der Waals surface area (Å²) in [5.74, 6) is 0.166. The van der Waals surface area contributed by atoms with E-state index in [1.165, 1.54) is 0 Å². The minimum absolute atomic E-state index is 0.360. The summed E-state index contributed by atoms with van der Waals surface area (Å²) in [6, 6.07) is 14.5. The highest BCUT2D eigenvalue weighted by Gasteiger charge is 2.08. The van der Waals surface area contributed by atoms with Crippen molar-refractivity contribution in [2.45, 2.75) is 0 Å². The van der Waals surface area contributed by atoms with Gasteiger partial charge in [-0.25, -0.2) is 4.79 Å². The van der Waals surface area contributed by atoms with E-state index in [0.29, 0.717) is 11.3 Å². The van der Waals surface area contributed by atoms with Crippen LogP contribution in [0, 0.1) is 0 Å². The number of rotatable bonds is 4. The van der Waals surface area contributed by atoms with Crippen LogP contribution >= 0.6 is 0 Å². The van der Waals surface area contributed by atoms with E-state index in [0.717, 1.165) is 11.3 Å². The van der Waals surface area contributed by atoms with E-state index in [9.17, 15) is 4.79 Å². The Balaban J connectivity index is 2.08. The van der Waals surface area contributed by atoms with E-state index in [-0.39, 0.29) is 5.97 Å². The van der Waals surface area contributed by atoms with Gasteiger partial charge in [0.15, 0.2) is 0 Å². The topological polar surface area (TPSA) is 29.5 Å². The second kappa shape index (κ2) is 6.06. The van der Waals surface area contributed by atoms with E-state index in [2.05, 4.69) is 6.58 Å². The number of hydrogen-bond donors (Lipinski definition) is 0. The Bertz CT molecular complexity index is 598. The highest BCUT2D eigenvalue weighted by molar-refractivity contribution is 5.91. The SMILES string of the molecule is C=Cc1ccc(OC(=O)c2ccc(N(C)C)cc2)cc1. The Morgan fingerprint density at radius 2 is 1.65 bits per heavy atom. The smallest absolute Gasteiger partial charge is 0.343 e. The van der Waals surface area contributed by atoms with Crippen LogP contribution < -0.4 is 9.64 Å². The van der Waals surface area contributed by atoms with Crippen molar-refractivity contribution in [1.29, 1.82) is 0 Å². The molecular weight excluding hydrogens is 250 g/mol. The average molecular weight is 267 g/mol. The van der Waals surface area contributed by atoms with Crippen molar-refractivity contribution in [2.75, 3.05) is 19.0 Å². The van der Waals surface area contributed by atoms with E-state index in [1.807, 2.05) is 43.3 Å². The zero-order valence-electron chi connectivity index (χ0n) is 11.7. The summed E-state index contributed by atoms with van der Waals surface area (Å²) in [5, 5.41) is 0. The molecule has 0 saturated heterocycles. The minimum atomic E-state index is -0.360. The van der Waals surface area contributed by atoms with Crippen LogP contribution in [0.2, 0.25) is 0 Å². The van der Waals surface area contributed by atoms with Crippen LogP contribution in [0.5, 0.6) is 5.75 Å². The number of esters is 1. The normalized spacial score (nSPS) is 9.90. The lowest BCUT2D eigenvalue weighted by molar-refractivity contribution is 0.0735. The van der Waals surface area contributed by atoms with Crippen molar-refractivity contribution in [3.8, 4) is 5.75 Å². The molecule has 2 aromatic carbocycles. The summed E-state index contributed by atoms with van der Waals surface area (Å²) in [7, 11) is 3.91. The first kappa shape index (κ1) is 13.9. The number of anilines is 1. The van der Waals surface area contributed by atoms with Crippen LogP contribution in [0.1, 0.15) is 15.9 Å². The van der Waals surface area contributed by atoms with Gasteiger partial charge in [-0.2, -0.15) is 0 Å². The molecule has 2 aromatic rings. The van der Waals surface area contributed by atoms with Crippen LogP contribution in [0.4, 0.5) is 5.69 Å². The van der Waals surface area contributed by atoms with Gasteiger partial charge in [0.2, 0.25) is 0 Å². The van der Waals surface area contributed by atoms with Gasteiger partial charge in [-0.3, -0.25) is 0 Å². The number of carbonyl (C=O) groups excluding carboxylic acids is 1. The van der Waals surface area contributed by atoms with Gasteiger partial charge in [0.05, 0.1) is 5.56 Å². The zero-order chi connectivity index (χ0) is 14.5. The van der Waals surface area contributed by atoms with Gasteiger partial charge in [-0.1, -0.05) is 24.8 Å². The third kappa shape index (κ3) is 3.26. The average Bonchev–Trinajstić information content (AvgIpc) is 2.48. The first-order valence-electron chi connectivity index (χ1n) is 6.32. The number of hydrogen-bond acceptors (Lipinski definition) is 3. The fourth-order valence-electron chi connectivity index (χ4n) is 1.73. The molecule has 0 fully saturated rings. The summed E-state index contributed by atoms with van der Waals surface area (Å²) in [6.07, 6.45) is 1.74. The monoisotopic (exact) mass is 267 g/mol. The van der Waals surface area contributed by atoms with Crippen LogP contribution in [0.3, 0.4) is 0 Å². The van der Waals surface area contributed by atoms with Crippen molar-refractivity contribution >= 4 is 17.7 Å². The Morgan fingerprint density at radius 3 is 2.15 bits per heavy atom. The van der Waals surface area contributed by atoms with Gasteiger partial charge in [-0.05, 0) is 42.0 Å². The Hall–Kier alpha value is -2.55. The molecule has 0 saturated carbocycles. The lowest BCUT2D eigenvalue weighted by atomic mass is 10.2. The molecule has 0 amide bonds. The highest BCUT2D eigenvalue weighted by atomic mass is 16.5. The molecule has 0 aliphatic heterocycles. The Morgan fingerprint density at radius 1 is 1.05 bits per heavy atom. The molecule has 0 N–H and O–H groups in total. The number of benzene rings is 2. The Kier molecular flexibility index (Phi) is 4.20. The molecule has 0 atom stereocenters. The molecule has 0 aromatic heterocycles. The fraction of sp³-hybridized carbons (Fsp3) is 0.118. The molecule has 0 unspecified atom stereocenters. The molecule has 0 aliphatic rings. The highest BCUT2D eigenvalue weighted by Crippen LogP contribution is 2.17. The summed E-state index contributed by atoms with van der Waals surface area (Å²) < 4.78 is 5.31. The molecule has 20 heavy (non-hydrogen) atoms. The maximum atomic E-state index is 12.0. The largest absolute Gasteiger partial charge is 0.423 e. The fourth-order valence-corrected chi connectivity index (χ4v) is 1.73. The molecule has 3 nitrogen and oxygen atoms in total. The van der Waals surface area contributed by atoms with Crippen molar-refractivity contribution < 1.29 is 9.53 Å². The van der Waals surface area contributed by atoms with Crippen LogP contribution in [0.25, 0.3) is 6.08 Å². The third-order valence-electron chi connectivity index (χ3n) is 2.95. The molecule has 102 valence electrons. The lowest BCUT2D eigenvalue weighted by Crippen LogP contribution is -2.11. The van der Waals surface area contributed by atoms with E-state index >= 15 is 0 Å².